The summed E-state index contributed by atoms with van der Waals surface area (Å²) in [6.07, 6.45) is 4.88. The number of halogens is 1. The molecule has 1 heterocycles. The van der Waals surface area contributed by atoms with Crippen LogP contribution >= 0.6 is 11.6 Å². The highest BCUT2D eigenvalue weighted by molar-refractivity contribution is 6.30. The molecular formula is C12H12ClN3O. The van der Waals surface area contributed by atoms with Gasteiger partial charge in [0.15, 0.2) is 0 Å². The molecule has 4 nitrogen and oxygen atoms in total. The fraction of sp³-hybridized carbons (Fsp3) is 0.167. The summed E-state index contributed by atoms with van der Waals surface area (Å²) in [6, 6.07) is 7.34. The van der Waals surface area contributed by atoms with Crippen molar-refractivity contribution in [2.24, 2.45) is 0 Å². The Morgan fingerprint density at radius 3 is 2.65 bits per heavy atom. The van der Waals surface area contributed by atoms with Crippen LogP contribution < -0.4 is 5.32 Å². The zero-order chi connectivity index (χ0) is 12.3. The van der Waals surface area contributed by atoms with Gasteiger partial charge in [-0.1, -0.05) is 23.7 Å². The van der Waals surface area contributed by atoms with Crippen LogP contribution in [0.3, 0.4) is 0 Å². The highest BCUT2D eigenvalue weighted by atomic mass is 35.5. The van der Waals surface area contributed by atoms with Crippen molar-refractivity contribution in [2.45, 2.75) is 13.1 Å². The Hall–Kier alpha value is -1.81. The number of amides is 1. The smallest absolute Gasteiger partial charge is 0.218 e. The molecule has 0 saturated carbocycles. The molecular weight excluding hydrogens is 238 g/mol. The first-order chi connectivity index (χ1) is 8.16. The molecule has 1 aromatic carbocycles. The highest BCUT2D eigenvalue weighted by Crippen LogP contribution is 2.18. The van der Waals surface area contributed by atoms with Gasteiger partial charge in [-0.25, -0.2) is 4.98 Å². The highest BCUT2D eigenvalue weighted by Gasteiger charge is 2.13. The average Bonchev–Trinajstić information content (AvgIpc) is 2.80. The lowest BCUT2D eigenvalue weighted by molar-refractivity contribution is -0.119. The first kappa shape index (κ1) is 11.7. The monoisotopic (exact) mass is 249 g/mol. The minimum atomic E-state index is -0.257. The van der Waals surface area contributed by atoms with Gasteiger partial charge in [0, 0.05) is 24.3 Å². The molecule has 0 aliphatic rings. The molecule has 17 heavy (non-hydrogen) atoms. The van der Waals surface area contributed by atoms with E-state index < -0.39 is 0 Å². The minimum Gasteiger partial charge on any atom is -0.332 e. The molecule has 2 aromatic rings. The summed E-state index contributed by atoms with van der Waals surface area (Å²) < 4.78 is 1.82. The van der Waals surface area contributed by atoms with Gasteiger partial charge in [0.2, 0.25) is 5.91 Å². The molecule has 0 saturated heterocycles. The summed E-state index contributed by atoms with van der Waals surface area (Å²) in [7, 11) is 0. The van der Waals surface area contributed by atoms with E-state index in [-0.39, 0.29) is 12.1 Å². The molecule has 1 atom stereocenters. The molecule has 0 bridgehead atoms. The zero-order valence-electron chi connectivity index (χ0n) is 9.30. The number of nitrogens with zero attached hydrogens (tertiary/aromatic N) is 2. The summed E-state index contributed by atoms with van der Waals surface area (Å²) in [5.41, 5.74) is 0.947. The van der Waals surface area contributed by atoms with Crippen molar-refractivity contribution in [2.75, 3.05) is 0 Å². The van der Waals surface area contributed by atoms with Crippen molar-refractivity contribution in [1.82, 2.24) is 14.9 Å². The molecule has 1 N–H and O–H groups in total. The molecule has 1 amide bonds. The van der Waals surface area contributed by atoms with Crippen molar-refractivity contribution < 1.29 is 4.79 Å². The van der Waals surface area contributed by atoms with Gasteiger partial charge in [-0.2, -0.15) is 0 Å². The topological polar surface area (TPSA) is 46.9 Å². The number of aromatic nitrogens is 2. The molecule has 0 fully saturated rings. The van der Waals surface area contributed by atoms with Gasteiger partial charge in [0.05, 0.1) is 6.33 Å². The second-order valence-corrected chi connectivity index (χ2v) is 4.10. The number of carbonyl (C=O) groups is 1. The number of hydrogen-bond acceptors (Lipinski definition) is 2. The Bertz CT molecular complexity index is 493. The van der Waals surface area contributed by atoms with Crippen LogP contribution in [0, 0.1) is 0 Å². The normalized spacial score (nSPS) is 12.1. The lowest BCUT2D eigenvalue weighted by Crippen LogP contribution is -2.30. The molecule has 0 spiro atoms. The maximum absolute atomic E-state index is 11.2. The van der Waals surface area contributed by atoms with Crippen LogP contribution in [0.15, 0.2) is 43.0 Å². The van der Waals surface area contributed by atoms with Gasteiger partial charge >= 0.3 is 0 Å². The standard InChI is InChI=1S/C12H12ClN3O/c1-9(17)15-12(16-7-6-14-8-16)10-2-4-11(13)5-3-10/h2-8,12H,1H3,(H,15,17)/t12-/m1/s1. The average molecular weight is 250 g/mol. The van der Waals surface area contributed by atoms with E-state index in [0.29, 0.717) is 5.02 Å². The number of hydrogen-bond donors (Lipinski definition) is 1. The Balaban J connectivity index is 2.33. The van der Waals surface area contributed by atoms with Gasteiger partial charge in [-0.15, -0.1) is 0 Å². The van der Waals surface area contributed by atoms with E-state index in [0.717, 1.165) is 5.56 Å². The predicted molar refractivity (Wildman–Crippen MR) is 65.6 cm³/mol. The van der Waals surface area contributed by atoms with Gasteiger partial charge in [0.1, 0.15) is 6.17 Å². The van der Waals surface area contributed by atoms with Crippen LogP contribution in [0.4, 0.5) is 0 Å². The zero-order valence-corrected chi connectivity index (χ0v) is 10.1. The van der Waals surface area contributed by atoms with Gasteiger partial charge in [-0.3, -0.25) is 4.79 Å². The quantitative estimate of drug-likeness (QED) is 0.907. The van der Waals surface area contributed by atoms with Gasteiger partial charge in [-0.05, 0) is 17.7 Å². The Morgan fingerprint density at radius 2 is 2.12 bits per heavy atom. The minimum absolute atomic E-state index is 0.0985. The van der Waals surface area contributed by atoms with Crippen molar-refractivity contribution in [3.8, 4) is 0 Å². The summed E-state index contributed by atoms with van der Waals surface area (Å²) in [6.45, 7) is 1.49. The molecule has 1 aromatic heterocycles. The van der Waals surface area contributed by atoms with Crippen LogP contribution in [0.5, 0.6) is 0 Å². The number of carbonyl (C=O) groups excluding carboxylic acids is 1. The summed E-state index contributed by atoms with van der Waals surface area (Å²) in [5, 5.41) is 3.53. The molecule has 0 aliphatic heterocycles. The predicted octanol–water partition coefficient (Wildman–Crippen LogP) is 2.22. The number of rotatable bonds is 3. The maximum Gasteiger partial charge on any atom is 0.218 e. The number of nitrogens with one attached hydrogen (secondary N) is 1. The second-order valence-electron chi connectivity index (χ2n) is 3.66. The van der Waals surface area contributed by atoms with E-state index in [4.69, 9.17) is 11.6 Å². The van der Waals surface area contributed by atoms with Crippen LogP contribution in [-0.2, 0) is 4.79 Å². The molecule has 5 heteroatoms. The largest absolute Gasteiger partial charge is 0.332 e. The molecule has 0 unspecified atom stereocenters. The Kier molecular flexibility index (Phi) is 3.44. The Labute approximate surface area is 104 Å². The van der Waals surface area contributed by atoms with Crippen LogP contribution in [0.1, 0.15) is 18.7 Å². The maximum atomic E-state index is 11.2. The van der Waals surface area contributed by atoms with Gasteiger partial charge < -0.3 is 9.88 Å². The van der Waals surface area contributed by atoms with Crippen LogP contribution in [0.25, 0.3) is 0 Å². The van der Waals surface area contributed by atoms with E-state index in [1.54, 1.807) is 30.9 Å². The van der Waals surface area contributed by atoms with Gasteiger partial charge in [0.25, 0.3) is 0 Å². The molecule has 0 radical (unpaired) electrons. The third kappa shape index (κ3) is 2.85. The SMILES string of the molecule is CC(=O)N[C@@H](c1ccc(Cl)cc1)n1ccnc1. The third-order valence-corrected chi connectivity index (χ3v) is 2.60. The molecule has 88 valence electrons. The second kappa shape index (κ2) is 5.01. The van der Waals surface area contributed by atoms with E-state index in [9.17, 15) is 4.79 Å². The fourth-order valence-corrected chi connectivity index (χ4v) is 1.72. The van der Waals surface area contributed by atoms with Crippen molar-refractivity contribution >= 4 is 17.5 Å². The van der Waals surface area contributed by atoms with E-state index >= 15 is 0 Å². The molecule has 0 aliphatic carbocycles. The summed E-state index contributed by atoms with van der Waals surface area (Å²) >= 11 is 5.84. The lowest BCUT2D eigenvalue weighted by Gasteiger charge is -2.19. The number of benzene rings is 1. The fourth-order valence-electron chi connectivity index (χ4n) is 1.59. The number of imidazole rings is 1. The van der Waals surface area contributed by atoms with Crippen molar-refractivity contribution in [3.63, 3.8) is 0 Å². The summed E-state index contributed by atoms with van der Waals surface area (Å²) in [5.74, 6) is -0.0985. The third-order valence-electron chi connectivity index (χ3n) is 2.35. The van der Waals surface area contributed by atoms with Crippen LogP contribution in [-0.4, -0.2) is 15.5 Å². The first-order valence-corrected chi connectivity index (χ1v) is 5.54. The van der Waals surface area contributed by atoms with Crippen LogP contribution in [0.2, 0.25) is 5.02 Å². The first-order valence-electron chi connectivity index (χ1n) is 5.17. The Morgan fingerprint density at radius 1 is 1.41 bits per heavy atom. The van der Waals surface area contributed by atoms with E-state index in [1.807, 2.05) is 16.7 Å². The molecule has 2 rings (SSSR count). The summed E-state index contributed by atoms with van der Waals surface area (Å²) in [4.78, 5) is 15.2. The van der Waals surface area contributed by atoms with Crippen molar-refractivity contribution in [3.05, 3.63) is 53.6 Å². The lowest BCUT2D eigenvalue weighted by atomic mass is 10.1. The van der Waals surface area contributed by atoms with E-state index in [1.165, 1.54) is 6.92 Å². The van der Waals surface area contributed by atoms with E-state index in [2.05, 4.69) is 10.3 Å². The van der Waals surface area contributed by atoms with Crippen molar-refractivity contribution in [1.29, 1.82) is 0 Å².